The molecule has 1 aromatic rings. The highest BCUT2D eigenvalue weighted by Gasteiger charge is 2.30. The molecule has 1 aromatic carbocycles. The van der Waals surface area contributed by atoms with Crippen molar-refractivity contribution in [2.24, 2.45) is 5.92 Å². The molecule has 0 aromatic heterocycles. The van der Waals surface area contributed by atoms with Crippen molar-refractivity contribution in [2.45, 2.75) is 52.2 Å². The summed E-state index contributed by atoms with van der Waals surface area (Å²) in [4.78, 5) is 2.49. The van der Waals surface area contributed by atoms with Gasteiger partial charge < -0.3 is 10.0 Å². The average molecular weight is 326 g/mol. The van der Waals surface area contributed by atoms with Crippen LogP contribution in [0.15, 0.2) is 22.7 Å². The molecule has 1 unspecified atom stereocenters. The first-order valence-electron chi connectivity index (χ1n) is 7.23. The Balaban J connectivity index is 2.25. The fraction of sp³-hybridized carbons (Fsp3) is 0.625. The van der Waals surface area contributed by atoms with E-state index < -0.39 is 6.10 Å². The summed E-state index contributed by atoms with van der Waals surface area (Å²) >= 11 is 3.50. The van der Waals surface area contributed by atoms with E-state index in [1.54, 1.807) is 0 Å². The number of rotatable bonds is 6. The Bertz CT molecular complexity index is 427. The van der Waals surface area contributed by atoms with Gasteiger partial charge >= 0.3 is 0 Å². The number of aliphatic hydroxyl groups is 1. The Hall–Kier alpha value is -0.540. The van der Waals surface area contributed by atoms with Gasteiger partial charge in [0, 0.05) is 28.3 Å². The van der Waals surface area contributed by atoms with E-state index in [9.17, 15) is 5.11 Å². The van der Waals surface area contributed by atoms with Crippen LogP contribution in [0.5, 0.6) is 0 Å². The normalized spacial score (nSPS) is 16.7. The Morgan fingerprint density at radius 2 is 2.00 bits per heavy atom. The second kappa shape index (κ2) is 6.27. The Morgan fingerprint density at radius 3 is 2.53 bits per heavy atom. The summed E-state index contributed by atoms with van der Waals surface area (Å²) in [5.74, 6) is 0.715. The summed E-state index contributed by atoms with van der Waals surface area (Å²) in [6.45, 7) is 7.47. The zero-order valence-corrected chi connectivity index (χ0v) is 13.7. The number of hydrogen-bond donors (Lipinski definition) is 1. The Labute approximate surface area is 124 Å². The summed E-state index contributed by atoms with van der Waals surface area (Å²) < 4.78 is 1.03. The van der Waals surface area contributed by atoms with Gasteiger partial charge in [-0.1, -0.05) is 29.8 Å². The van der Waals surface area contributed by atoms with Gasteiger partial charge in [-0.2, -0.15) is 0 Å². The number of nitrogens with zero attached hydrogens (tertiary/aromatic N) is 1. The molecule has 19 heavy (non-hydrogen) atoms. The lowest BCUT2D eigenvalue weighted by molar-refractivity contribution is 0.199. The maximum absolute atomic E-state index is 10.0. The van der Waals surface area contributed by atoms with Gasteiger partial charge in [0.15, 0.2) is 0 Å². The predicted molar refractivity (Wildman–Crippen MR) is 84.6 cm³/mol. The van der Waals surface area contributed by atoms with Gasteiger partial charge in [0.25, 0.3) is 0 Å². The van der Waals surface area contributed by atoms with Crippen molar-refractivity contribution < 1.29 is 5.11 Å². The predicted octanol–water partition coefficient (Wildman–Crippen LogP) is 4.52. The number of halogens is 1. The molecule has 1 saturated carbocycles. The molecule has 0 amide bonds. The second-order valence-corrected chi connectivity index (χ2v) is 6.90. The van der Waals surface area contributed by atoms with Crippen molar-refractivity contribution in [3.63, 3.8) is 0 Å². The van der Waals surface area contributed by atoms with Gasteiger partial charge in [0.1, 0.15) is 0 Å². The summed E-state index contributed by atoms with van der Waals surface area (Å²) in [5, 5.41) is 10.0. The van der Waals surface area contributed by atoms with E-state index >= 15 is 0 Å². The van der Waals surface area contributed by atoms with Crippen molar-refractivity contribution in [2.75, 3.05) is 11.4 Å². The first-order valence-corrected chi connectivity index (χ1v) is 8.02. The van der Waals surface area contributed by atoms with E-state index in [-0.39, 0.29) is 0 Å². The highest BCUT2D eigenvalue weighted by Crippen LogP contribution is 2.37. The van der Waals surface area contributed by atoms with Crippen LogP contribution in [0.1, 0.15) is 51.7 Å². The number of benzene rings is 1. The summed E-state index contributed by atoms with van der Waals surface area (Å²) in [6.07, 6.45) is 3.35. The molecule has 0 bridgehead atoms. The van der Waals surface area contributed by atoms with Crippen molar-refractivity contribution in [3.05, 3.63) is 28.2 Å². The van der Waals surface area contributed by atoms with Crippen LogP contribution in [0.2, 0.25) is 0 Å². The third kappa shape index (κ3) is 3.96. The fourth-order valence-electron chi connectivity index (χ4n) is 2.40. The van der Waals surface area contributed by atoms with Crippen LogP contribution in [-0.4, -0.2) is 17.7 Å². The van der Waals surface area contributed by atoms with Crippen LogP contribution in [-0.2, 0) is 0 Å². The van der Waals surface area contributed by atoms with Crippen LogP contribution in [0.4, 0.5) is 5.69 Å². The van der Waals surface area contributed by atoms with E-state index in [1.165, 1.54) is 24.9 Å². The van der Waals surface area contributed by atoms with Crippen molar-refractivity contribution in [1.29, 1.82) is 0 Å². The lowest BCUT2D eigenvalue weighted by atomic mass is 10.1. The minimum Gasteiger partial charge on any atom is -0.389 e. The van der Waals surface area contributed by atoms with Crippen molar-refractivity contribution >= 4 is 21.6 Å². The quantitative estimate of drug-likeness (QED) is 0.831. The maximum Gasteiger partial charge on any atom is 0.0782 e. The molecule has 0 radical (unpaired) electrons. The molecular formula is C16H24BrNO. The van der Waals surface area contributed by atoms with E-state index in [2.05, 4.69) is 46.8 Å². The molecule has 2 nitrogen and oxygen atoms in total. The molecule has 0 spiro atoms. The molecule has 0 saturated heterocycles. The molecule has 3 heteroatoms. The van der Waals surface area contributed by atoms with Crippen LogP contribution < -0.4 is 4.90 Å². The molecule has 1 N–H and O–H groups in total. The van der Waals surface area contributed by atoms with E-state index in [0.29, 0.717) is 12.0 Å². The molecular weight excluding hydrogens is 302 g/mol. The number of aliphatic hydroxyl groups excluding tert-OH is 1. The molecule has 1 fully saturated rings. The molecule has 2 rings (SSSR count). The minimum absolute atomic E-state index is 0.423. The first kappa shape index (κ1) is 14.9. The molecule has 1 atom stereocenters. The van der Waals surface area contributed by atoms with Crippen molar-refractivity contribution in [1.82, 2.24) is 0 Å². The highest BCUT2D eigenvalue weighted by atomic mass is 79.9. The van der Waals surface area contributed by atoms with Crippen LogP contribution in [0, 0.1) is 5.92 Å². The van der Waals surface area contributed by atoms with Crippen LogP contribution in [0.25, 0.3) is 0 Å². The average Bonchev–Trinajstić information content (AvgIpc) is 3.14. The second-order valence-electron chi connectivity index (χ2n) is 5.99. The van der Waals surface area contributed by atoms with Gasteiger partial charge in [0.2, 0.25) is 0 Å². The van der Waals surface area contributed by atoms with Gasteiger partial charge in [-0.25, -0.2) is 0 Å². The first-order chi connectivity index (χ1) is 8.99. The molecule has 1 aliphatic rings. The molecule has 1 aliphatic carbocycles. The van der Waals surface area contributed by atoms with E-state index in [1.807, 2.05) is 13.0 Å². The lowest BCUT2D eigenvalue weighted by Gasteiger charge is -2.29. The summed E-state index contributed by atoms with van der Waals surface area (Å²) in [7, 11) is 0. The van der Waals surface area contributed by atoms with Gasteiger partial charge in [-0.3, -0.25) is 0 Å². The molecule has 106 valence electrons. The Morgan fingerprint density at radius 1 is 1.32 bits per heavy atom. The van der Waals surface area contributed by atoms with Gasteiger partial charge in [0.05, 0.1) is 6.10 Å². The third-order valence-electron chi connectivity index (χ3n) is 3.68. The maximum atomic E-state index is 10.0. The Kier molecular flexibility index (Phi) is 4.91. The SMILES string of the molecule is CC(C)CCN(c1ccc(Br)cc1C(C)O)C1CC1. The van der Waals surface area contributed by atoms with Gasteiger partial charge in [-0.05, 0) is 50.3 Å². The van der Waals surface area contributed by atoms with E-state index in [4.69, 9.17) is 0 Å². The zero-order chi connectivity index (χ0) is 14.0. The van der Waals surface area contributed by atoms with E-state index in [0.717, 1.165) is 16.6 Å². The molecule has 0 aliphatic heterocycles. The fourth-order valence-corrected chi connectivity index (χ4v) is 2.78. The van der Waals surface area contributed by atoms with Gasteiger partial charge in [-0.15, -0.1) is 0 Å². The van der Waals surface area contributed by atoms with Crippen LogP contribution >= 0.6 is 15.9 Å². The summed E-state index contributed by atoms with van der Waals surface area (Å²) in [5.41, 5.74) is 2.24. The molecule has 0 heterocycles. The highest BCUT2D eigenvalue weighted by molar-refractivity contribution is 9.10. The van der Waals surface area contributed by atoms with Crippen LogP contribution in [0.3, 0.4) is 0 Å². The van der Waals surface area contributed by atoms with Crippen molar-refractivity contribution in [3.8, 4) is 0 Å². The number of hydrogen-bond acceptors (Lipinski definition) is 2. The number of anilines is 1. The largest absolute Gasteiger partial charge is 0.389 e. The standard InChI is InChI=1S/C16H24BrNO/c1-11(2)8-9-18(14-5-6-14)16-7-4-13(17)10-15(16)12(3)19/h4,7,10-12,14,19H,5-6,8-9H2,1-3H3. The monoisotopic (exact) mass is 325 g/mol. The zero-order valence-electron chi connectivity index (χ0n) is 12.1. The third-order valence-corrected chi connectivity index (χ3v) is 4.18. The summed E-state index contributed by atoms with van der Waals surface area (Å²) in [6, 6.07) is 6.94. The topological polar surface area (TPSA) is 23.5 Å². The lowest BCUT2D eigenvalue weighted by Crippen LogP contribution is -2.29. The minimum atomic E-state index is -0.423. The smallest absolute Gasteiger partial charge is 0.0782 e.